The van der Waals surface area contributed by atoms with Crippen LogP contribution >= 0.6 is 11.6 Å². The molecule has 27 heavy (non-hydrogen) atoms. The molecule has 0 aromatic heterocycles. The van der Waals surface area contributed by atoms with Crippen LogP contribution in [0.1, 0.15) is 25.0 Å². The summed E-state index contributed by atoms with van der Waals surface area (Å²) in [6, 6.07) is 9.07. The number of aryl methyl sites for hydroxylation is 1. The van der Waals surface area contributed by atoms with Crippen molar-refractivity contribution in [2.24, 2.45) is 0 Å². The largest absolute Gasteiger partial charge is 0.280 e. The minimum absolute atomic E-state index is 0.0451. The molecule has 0 atom stereocenters. The SMILES string of the molecule is CCN(CC)S(=O)(=O)c1cc(NS(=O)(=O)c2cccc(Cl)c2C)ccc1C. The number of hydrogen-bond acceptors (Lipinski definition) is 4. The van der Waals surface area contributed by atoms with E-state index in [1.807, 2.05) is 0 Å². The van der Waals surface area contributed by atoms with E-state index in [4.69, 9.17) is 11.6 Å². The van der Waals surface area contributed by atoms with Crippen LogP contribution in [0.25, 0.3) is 0 Å². The van der Waals surface area contributed by atoms with Gasteiger partial charge in [0.05, 0.1) is 15.5 Å². The molecule has 0 aliphatic rings. The number of rotatable bonds is 7. The Kier molecular flexibility index (Phi) is 6.57. The second kappa shape index (κ2) is 8.18. The van der Waals surface area contributed by atoms with Crippen LogP contribution in [0.4, 0.5) is 5.69 Å². The summed E-state index contributed by atoms with van der Waals surface area (Å²) >= 11 is 6.02. The van der Waals surface area contributed by atoms with Crippen molar-refractivity contribution < 1.29 is 16.8 Å². The second-order valence-corrected chi connectivity index (χ2v) is 10.0. The van der Waals surface area contributed by atoms with Crippen LogP contribution in [-0.2, 0) is 20.0 Å². The fourth-order valence-corrected chi connectivity index (χ4v) is 5.99. The summed E-state index contributed by atoms with van der Waals surface area (Å²) in [6.45, 7) is 7.46. The maximum Gasteiger partial charge on any atom is 0.262 e. The molecule has 2 rings (SSSR count). The van der Waals surface area contributed by atoms with Crippen LogP contribution in [0.2, 0.25) is 5.02 Å². The lowest BCUT2D eigenvalue weighted by molar-refractivity contribution is 0.445. The van der Waals surface area contributed by atoms with Crippen molar-refractivity contribution in [2.45, 2.75) is 37.5 Å². The van der Waals surface area contributed by atoms with Crippen molar-refractivity contribution in [1.82, 2.24) is 4.31 Å². The molecule has 0 unspecified atom stereocenters. The van der Waals surface area contributed by atoms with E-state index in [-0.39, 0.29) is 15.5 Å². The van der Waals surface area contributed by atoms with Crippen LogP contribution in [0.5, 0.6) is 0 Å². The summed E-state index contributed by atoms with van der Waals surface area (Å²) in [4.78, 5) is 0.123. The van der Waals surface area contributed by atoms with Gasteiger partial charge >= 0.3 is 0 Å². The predicted molar refractivity (Wildman–Crippen MR) is 108 cm³/mol. The van der Waals surface area contributed by atoms with Gasteiger partial charge < -0.3 is 0 Å². The Labute approximate surface area is 166 Å². The molecule has 0 saturated heterocycles. The van der Waals surface area contributed by atoms with Crippen LogP contribution < -0.4 is 4.72 Å². The van der Waals surface area contributed by atoms with E-state index in [1.165, 1.54) is 22.5 Å². The lowest BCUT2D eigenvalue weighted by Crippen LogP contribution is -2.31. The summed E-state index contributed by atoms with van der Waals surface area (Å²) in [5.74, 6) is 0. The van der Waals surface area contributed by atoms with Gasteiger partial charge in [-0.3, -0.25) is 4.72 Å². The summed E-state index contributed by atoms with van der Waals surface area (Å²) in [7, 11) is -7.63. The molecule has 9 heteroatoms. The van der Waals surface area contributed by atoms with Gasteiger partial charge in [-0.1, -0.05) is 37.6 Å². The van der Waals surface area contributed by atoms with E-state index >= 15 is 0 Å². The standard InChI is InChI=1S/C18H23ClN2O4S2/c1-5-21(6-2)27(24,25)18-12-15(11-10-13(18)3)20-26(22,23)17-9-7-8-16(19)14(17)4/h7-12,20H,5-6H2,1-4H3. The Morgan fingerprint density at radius 3 is 2.19 bits per heavy atom. The fourth-order valence-electron chi connectivity index (χ4n) is 2.73. The maximum atomic E-state index is 12.8. The maximum absolute atomic E-state index is 12.8. The number of benzene rings is 2. The molecule has 148 valence electrons. The van der Waals surface area contributed by atoms with Gasteiger partial charge in [0.2, 0.25) is 10.0 Å². The molecule has 6 nitrogen and oxygen atoms in total. The van der Waals surface area contributed by atoms with Gasteiger partial charge in [-0.05, 0) is 49.2 Å². The average Bonchev–Trinajstić information content (AvgIpc) is 2.59. The van der Waals surface area contributed by atoms with E-state index in [9.17, 15) is 16.8 Å². The zero-order valence-corrected chi connectivity index (χ0v) is 18.0. The zero-order valence-electron chi connectivity index (χ0n) is 15.7. The zero-order chi connectivity index (χ0) is 20.4. The Hall–Kier alpha value is -1.61. The highest BCUT2D eigenvalue weighted by Gasteiger charge is 2.25. The van der Waals surface area contributed by atoms with E-state index in [2.05, 4.69) is 4.72 Å². The number of hydrogen-bond donors (Lipinski definition) is 1. The molecule has 2 aromatic rings. The van der Waals surface area contributed by atoms with Crippen LogP contribution in [-0.4, -0.2) is 34.2 Å². The van der Waals surface area contributed by atoms with E-state index in [0.717, 1.165) is 0 Å². The van der Waals surface area contributed by atoms with Gasteiger partial charge in [0, 0.05) is 18.1 Å². The molecule has 0 aliphatic carbocycles. The summed E-state index contributed by atoms with van der Waals surface area (Å²) in [5, 5.41) is 0.339. The summed E-state index contributed by atoms with van der Waals surface area (Å²) in [6.07, 6.45) is 0. The van der Waals surface area contributed by atoms with Crippen LogP contribution in [0.3, 0.4) is 0 Å². The average molecular weight is 431 g/mol. The topological polar surface area (TPSA) is 83.6 Å². The van der Waals surface area contributed by atoms with Crippen molar-refractivity contribution in [3.8, 4) is 0 Å². The third-order valence-corrected chi connectivity index (χ3v) is 8.40. The Bertz CT molecular complexity index is 1050. The van der Waals surface area contributed by atoms with Crippen LogP contribution in [0, 0.1) is 13.8 Å². The van der Waals surface area contributed by atoms with Crippen molar-refractivity contribution in [1.29, 1.82) is 0 Å². The molecule has 1 N–H and O–H groups in total. The summed E-state index contributed by atoms with van der Waals surface area (Å²) in [5.41, 5.74) is 1.14. The lowest BCUT2D eigenvalue weighted by atomic mass is 10.2. The van der Waals surface area contributed by atoms with E-state index in [0.29, 0.717) is 29.2 Å². The van der Waals surface area contributed by atoms with Crippen molar-refractivity contribution in [3.63, 3.8) is 0 Å². The normalized spacial score (nSPS) is 12.4. The number of anilines is 1. The fraction of sp³-hybridized carbons (Fsp3) is 0.333. The second-order valence-electron chi connectivity index (χ2n) is 6.04. The highest BCUT2D eigenvalue weighted by Crippen LogP contribution is 2.27. The molecule has 2 aromatic carbocycles. The van der Waals surface area contributed by atoms with Crippen molar-refractivity contribution >= 4 is 37.3 Å². The molecule has 0 aliphatic heterocycles. The van der Waals surface area contributed by atoms with Gasteiger partial charge in [-0.25, -0.2) is 16.8 Å². The van der Waals surface area contributed by atoms with Crippen molar-refractivity contribution in [2.75, 3.05) is 17.8 Å². The Morgan fingerprint density at radius 1 is 0.963 bits per heavy atom. The predicted octanol–water partition coefficient (Wildman–Crippen LogP) is 3.79. The summed E-state index contributed by atoms with van der Waals surface area (Å²) < 4.78 is 54.9. The molecule has 0 bridgehead atoms. The number of nitrogens with zero attached hydrogens (tertiary/aromatic N) is 1. The minimum Gasteiger partial charge on any atom is -0.280 e. The van der Waals surface area contributed by atoms with Gasteiger partial charge in [-0.15, -0.1) is 0 Å². The van der Waals surface area contributed by atoms with E-state index in [1.54, 1.807) is 45.9 Å². The van der Waals surface area contributed by atoms with Gasteiger partial charge in [-0.2, -0.15) is 4.31 Å². The third kappa shape index (κ3) is 4.45. The van der Waals surface area contributed by atoms with Gasteiger partial charge in [0.1, 0.15) is 0 Å². The molecule has 0 radical (unpaired) electrons. The van der Waals surface area contributed by atoms with Crippen molar-refractivity contribution in [3.05, 3.63) is 52.5 Å². The molecular formula is C18H23ClN2O4S2. The first-order chi connectivity index (χ1) is 12.5. The first kappa shape index (κ1) is 21.7. The monoisotopic (exact) mass is 430 g/mol. The third-order valence-electron chi connectivity index (χ3n) is 4.27. The molecule has 0 fully saturated rings. The smallest absolute Gasteiger partial charge is 0.262 e. The Morgan fingerprint density at radius 2 is 1.59 bits per heavy atom. The number of nitrogens with one attached hydrogen (secondary N) is 1. The van der Waals surface area contributed by atoms with Gasteiger partial charge in [0.25, 0.3) is 10.0 Å². The van der Waals surface area contributed by atoms with Crippen LogP contribution in [0.15, 0.2) is 46.2 Å². The molecule has 0 saturated carbocycles. The highest BCUT2D eigenvalue weighted by atomic mass is 35.5. The number of sulfonamides is 2. The first-order valence-corrected chi connectivity index (χ1v) is 11.7. The van der Waals surface area contributed by atoms with Gasteiger partial charge in [0.15, 0.2) is 0 Å². The first-order valence-electron chi connectivity index (χ1n) is 8.43. The Balaban J connectivity index is 2.49. The molecule has 0 heterocycles. The highest BCUT2D eigenvalue weighted by molar-refractivity contribution is 7.92. The lowest BCUT2D eigenvalue weighted by Gasteiger charge is -2.20. The minimum atomic E-state index is -3.92. The molecular weight excluding hydrogens is 408 g/mol. The molecule has 0 spiro atoms. The number of halogens is 1. The van der Waals surface area contributed by atoms with E-state index < -0.39 is 20.0 Å². The quantitative estimate of drug-likeness (QED) is 0.724. The molecule has 0 amide bonds.